The largest absolute Gasteiger partial charge is 0.481 e. The monoisotopic (exact) mass is 331 g/mol. The molecule has 1 aromatic carbocycles. The molecule has 1 aliphatic rings. The smallest absolute Gasteiger partial charge is 0.309 e. The maximum absolute atomic E-state index is 12.1. The number of benzene rings is 1. The van der Waals surface area contributed by atoms with E-state index in [0.717, 1.165) is 11.7 Å². The van der Waals surface area contributed by atoms with Crippen molar-refractivity contribution >= 4 is 31.3 Å². The Kier molecular flexibility index (Phi) is 3.81. The van der Waals surface area contributed by atoms with Gasteiger partial charge in [0.25, 0.3) is 0 Å². The van der Waals surface area contributed by atoms with Crippen molar-refractivity contribution in [3.63, 3.8) is 0 Å². The highest BCUT2D eigenvalue weighted by molar-refractivity contribution is 7.94. The second-order valence-electron chi connectivity index (χ2n) is 4.78. The predicted molar refractivity (Wildman–Crippen MR) is 76.1 cm³/mol. The third-order valence-electron chi connectivity index (χ3n) is 2.72. The number of rotatable bonds is 4. The van der Waals surface area contributed by atoms with Crippen molar-refractivity contribution in [1.82, 2.24) is 0 Å². The number of hydrogen-bond donors (Lipinski definition) is 2. The Hall–Kier alpha value is -1.87. The molecule has 0 aliphatic carbocycles. The Balaban J connectivity index is 2.44. The van der Waals surface area contributed by atoms with Crippen molar-refractivity contribution in [3.8, 4) is 0 Å². The standard InChI is InChI=1S/C12H13NO6S2/c1-20(16,17)6-8-2-3-10-11(4-8)21(18,19)7-9(13-10)5-12(14)15/h2-4,7,13H,5-6H2,1H3,(H,14,15). The highest BCUT2D eigenvalue weighted by Crippen LogP contribution is 2.31. The summed E-state index contributed by atoms with van der Waals surface area (Å²) in [6.45, 7) is 0. The number of hydrogen-bond acceptors (Lipinski definition) is 6. The molecule has 0 spiro atoms. The molecule has 0 atom stereocenters. The third kappa shape index (κ3) is 3.82. The van der Waals surface area contributed by atoms with Crippen LogP contribution in [0, 0.1) is 0 Å². The van der Waals surface area contributed by atoms with Crippen LogP contribution in [0.3, 0.4) is 0 Å². The zero-order valence-electron chi connectivity index (χ0n) is 11.0. The predicted octanol–water partition coefficient (Wildman–Crippen LogP) is 0.746. The van der Waals surface area contributed by atoms with Gasteiger partial charge in [-0.1, -0.05) is 6.07 Å². The molecule has 2 N–H and O–H groups in total. The summed E-state index contributed by atoms with van der Waals surface area (Å²) in [5.74, 6) is -1.41. The van der Waals surface area contributed by atoms with Crippen LogP contribution in [-0.2, 0) is 30.2 Å². The number of fused-ring (bicyclic) bond motifs is 1. The maximum Gasteiger partial charge on any atom is 0.309 e. The normalized spacial score (nSPS) is 16.5. The first-order valence-electron chi connectivity index (χ1n) is 5.82. The van der Waals surface area contributed by atoms with Crippen molar-refractivity contribution in [2.75, 3.05) is 11.6 Å². The van der Waals surface area contributed by atoms with Crippen LogP contribution in [-0.4, -0.2) is 34.2 Å². The Morgan fingerprint density at radius 2 is 2.00 bits per heavy atom. The zero-order chi connectivity index (χ0) is 15.8. The summed E-state index contributed by atoms with van der Waals surface area (Å²) in [5, 5.41) is 12.3. The van der Waals surface area contributed by atoms with Crippen LogP contribution in [0.15, 0.2) is 34.2 Å². The number of aliphatic carboxylic acids is 1. The van der Waals surface area contributed by atoms with E-state index in [-0.39, 0.29) is 22.0 Å². The first kappa shape index (κ1) is 15.5. The van der Waals surface area contributed by atoms with Crippen LogP contribution in [0.1, 0.15) is 12.0 Å². The molecule has 2 rings (SSSR count). The average molecular weight is 331 g/mol. The van der Waals surface area contributed by atoms with E-state index in [1.54, 1.807) is 0 Å². The molecule has 1 aromatic rings. The fourth-order valence-electron chi connectivity index (χ4n) is 2.00. The maximum atomic E-state index is 12.1. The molecule has 114 valence electrons. The van der Waals surface area contributed by atoms with E-state index in [1.807, 2.05) is 0 Å². The van der Waals surface area contributed by atoms with Gasteiger partial charge in [-0.2, -0.15) is 0 Å². The van der Waals surface area contributed by atoms with E-state index in [1.165, 1.54) is 18.2 Å². The molecule has 1 aliphatic heterocycles. The summed E-state index contributed by atoms with van der Waals surface area (Å²) < 4.78 is 46.8. The van der Waals surface area contributed by atoms with Crippen LogP contribution >= 0.6 is 0 Å². The number of anilines is 1. The molecule has 21 heavy (non-hydrogen) atoms. The van der Waals surface area contributed by atoms with Gasteiger partial charge in [-0.05, 0) is 17.7 Å². The lowest BCUT2D eigenvalue weighted by Crippen LogP contribution is -2.16. The van der Waals surface area contributed by atoms with E-state index < -0.39 is 32.1 Å². The molecular weight excluding hydrogens is 318 g/mol. The van der Waals surface area contributed by atoms with E-state index >= 15 is 0 Å². The number of carboxylic acids is 1. The molecule has 0 unspecified atom stereocenters. The molecule has 9 heteroatoms. The second kappa shape index (κ2) is 5.15. The summed E-state index contributed by atoms with van der Waals surface area (Å²) in [7, 11) is -7.07. The SMILES string of the molecule is CS(=O)(=O)Cc1ccc2c(c1)S(=O)(=O)C=C(CC(=O)O)N2. The van der Waals surface area contributed by atoms with E-state index in [2.05, 4.69) is 5.32 Å². The highest BCUT2D eigenvalue weighted by Gasteiger charge is 2.25. The minimum Gasteiger partial charge on any atom is -0.481 e. The van der Waals surface area contributed by atoms with Gasteiger partial charge in [0.1, 0.15) is 0 Å². The van der Waals surface area contributed by atoms with Crippen LogP contribution in [0.25, 0.3) is 0 Å². The molecular formula is C12H13NO6S2. The van der Waals surface area contributed by atoms with Gasteiger partial charge >= 0.3 is 5.97 Å². The first-order valence-corrected chi connectivity index (χ1v) is 9.43. The van der Waals surface area contributed by atoms with Crippen molar-refractivity contribution in [3.05, 3.63) is 34.9 Å². The van der Waals surface area contributed by atoms with E-state index in [0.29, 0.717) is 5.56 Å². The van der Waals surface area contributed by atoms with Gasteiger partial charge in [0.05, 0.1) is 28.2 Å². The Morgan fingerprint density at radius 3 is 2.57 bits per heavy atom. The summed E-state index contributed by atoms with van der Waals surface area (Å²) in [4.78, 5) is 10.6. The van der Waals surface area contributed by atoms with Crippen molar-refractivity contribution in [1.29, 1.82) is 0 Å². The van der Waals surface area contributed by atoms with Gasteiger partial charge in [-0.25, -0.2) is 16.8 Å². The van der Waals surface area contributed by atoms with Gasteiger partial charge in [0, 0.05) is 12.0 Å². The summed E-state index contributed by atoms with van der Waals surface area (Å²) >= 11 is 0. The highest BCUT2D eigenvalue weighted by atomic mass is 32.2. The Bertz CT molecular complexity index is 836. The summed E-state index contributed by atoms with van der Waals surface area (Å²) in [5.41, 5.74) is 0.661. The fraction of sp³-hybridized carbons (Fsp3) is 0.250. The lowest BCUT2D eigenvalue weighted by atomic mass is 10.2. The average Bonchev–Trinajstić information content (AvgIpc) is 2.26. The quantitative estimate of drug-likeness (QED) is 0.835. The minimum atomic E-state index is -3.80. The second-order valence-corrected chi connectivity index (χ2v) is 8.69. The number of carbonyl (C=O) groups is 1. The zero-order valence-corrected chi connectivity index (χ0v) is 12.7. The molecule has 0 saturated heterocycles. The van der Waals surface area contributed by atoms with Crippen molar-refractivity contribution in [2.45, 2.75) is 17.1 Å². The van der Waals surface area contributed by atoms with Crippen LogP contribution < -0.4 is 5.32 Å². The Morgan fingerprint density at radius 1 is 1.33 bits per heavy atom. The fourth-order valence-corrected chi connectivity index (χ4v) is 4.17. The van der Waals surface area contributed by atoms with Gasteiger partial charge in [-0.3, -0.25) is 4.79 Å². The lowest BCUT2D eigenvalue weighted by molar-refractivity contribution is -0.136. The van der Waals surface area contributed by atoms with Gasteiger partial charge in [0.15, 0.2) is 9.84 Å². The lowest BCUT2D eigenvalue weighted by Gasteiger charge is -2.19. The van der Waals surface area contributed by atoms with E-state index in [9.17, 15) is 21.6 Å². The molecule has 0 fully saturated rings. The molecule has 0 amide bonds. The molecule has 0 bridgehead atoms. The molecule has 7 nitrogen and oxygen atoms in total. The van der Waals surface area contributed by atoms with Crippen molar-refractivity contribution < 1.29 is 26.7 Å². The molecule has 0 radical (unpaired) electrons. The molecule has 0 aromatic heterocycles. The van der Waals surface area contributed by atoms with Crippen LogP contribution in [0.5, 0.6) is 0 Å². The first-order chi connectivity index (χ1) is 9.57. The van der Waals surface area contributed by atoms with Gasteiger partial charge in [-0.15, -0.1) is 0 Å². The van der Waals surface area contributed by atoms with Gasteiger partial charge in [0.2, 0.25) is 9.84 Å². The third-order valence-corrected chi connectivity index (χ3v) is 5.12. The number of carboxylic acid groups (broad SMARTS) is 1. The van der Waals surface area contributed by atoms with Crippen LogP contribution in [0.2, 0.25) is 0 Å². The van der Waals surface area contributed by atoms with Crippen molar-refractivity contribution in [2.24, 2.45) is 0 Å². The van der Waals surface area contributed by atoms with Gasteiger partial charge < -0.3 is 10.4 Å². The Labute approximate surface area is 122 Å². The van der Waals surface area contributed by atoms with Crippen LogP contribution in [0.4, 0.5) is 5.69 Å². The number of nitrogens with one attached hydrogen (secondary N) is 1. The minimum absolute atomic E-state index is 0.0576. The summed E-state index contributed by atoms with van der Waals surface area (Å²) in [6, 6.07) is 4.21. The summed E-state index contributed by atoms with van der Waals surface area (Å²) in [6.07, 6.45) is 0.619. The topological polar surface area (TPSA) is 118 Å². The van der Waals surface area contributed by atoms with E-state index in [4.69, 9.17) is 5.11 Å². The molecule has 1 heterocycles. The molecule has 0 saturated carbocycles. The number of sulfone groups is 2.